The second kappa shape index (κ2) is 6.49. The minimum absolute atomic E-state index is 0.146. The Labute approximate surface area is 130 Å². The van der Waals surface area contributed by atoms with Crippen LogP contribution in [-0.4, -0.2) is 12.1 Å². The van der Waals surface area contributed by atoms with Crippen LogP contribution in [0.4, 0.5) is 0 Å². The molecule has 1 nitrogen and oxygen atoms in total. The Balaban J connectivity index is 2.91. The number of hydrogen-bond donors (Lipinski definition) is 1. The first-order valence-electron chi connectivity index (χ1n) is 7.53. The van der Waals surface area contributed by atoms with Gasteiger partial charge in [-0.2, -0.15) is 0 Å². The van der Waals surface area contributed by atoms with Crippen LogP contribution in [-0.2, 0) is 6.42 Å². The monoisotopic (exact) mass is 295 g/mol. The molecule has 1 unspecified atom stereocenters. The summed E-state index contributed by atoms with van der Waals surface area (Å²) in [6.07, 6.45) is 1.01. The van der Waals surface area contributed by atoms with Gasteiger partial charge in [-0.05, 0) is 62.6 Å². The first-order valence-corrected chi connectivity index (χ1v) is 7.91. The topological polar surface area (TPSA) is 12.0 Å². The molecular weight excluding hydrogens is 266 g/mol. The van der Waals surface area contributed by atoms with Crippen LogP contribution in [0.2, 0.25) is 5.02 Å². The van der Waals surface area contributed by atoms with E-state index in [1.165, 1.54) is 11.1 Å². The van der Waals surface area contributed by atoms with Gasteiger partial charge in [0.15, 0.2) is 0 Å². The zero-order chi connectivity index (χ0) is 15.6. The van der Waals surface area contributed by atoms with Crippen molar-refractivity contribution >= 4 is 11.6 Å². The van der Waals surface area contributed by atoms with Crippen LogP contribution >= 0.6 is 11.6 Å². The van der Waals surface area contributed by atoms with Crippen molar-refractivity contribution in [2.45, 2.75) is 60.4 Å². The smallest absolute Gasteiger partial charge is 0.0440 e. The Morgan fingerprint density at radius 2 is 1.75 bits per heavy atom. The molecule has 0 saturated heterocycles. The van der Waals surface area contributed by atoms with Crippen LogP contribution in [0.3, 0.4) is 0 Å². The lowest BCUT2D eigenvalue weighted by Crippen LogP contribution is -2.45. The molecule has 0 aliphatic heterocycles. The summed E-state index contributed by atoms with van der Waals surface area (Å²) in [4.78, 5) is 0. The van der Waals surface area contributed by atoms with E-state index in [0.29, 0.717) is 5.92 Å². The molecule has 1 rings (SSSR count). The molecule has 0 aliphatic carbocycles. The van der Waals surface area contributed by atoms with E-state index in [2.05, 4.69) is 72.0 Å². The predicted molar refractivity (Wildman–Crippen MR) is 90.6 cm³/mol. The molecule has 0 saturated carbocycles. The summed E-state index contributed by atoms with van der Waals surface area (Å²) in [5.74, 6) is 0.592. The molecule has 0 aliphatic rings. The van der Waals surface area contributed by atoms with E-state index >= 15 is 0 Å². The predicted octanol–water partition coefficient (Wildman–Crippen LogP) is 5.24. The van der Waals surface area contributed by atoms with Crippen molar-refractivity contribution in [3.05, 3.63) is 34.3 Å². The Hall–Kier alpha value is -0.530. The van der Waals surface area contributed by atoms with Gasteiger partial charge in [0.1, 0.15) is 0 Å². The average Bonchev–Trinajstić information content (AvgIpc) is 2.29. The standard InChI is InChI=1S/C18H30ClN/c1-13(2)18(7,12-20-17(4,5)6)11-15-9-8-14(3)10-16(15)19/h8-10,13,20H,11-12H2,1-7H3. The van der Waals surface area contributed by atoms with Crippen molar-refractivity contribution < 1.29 is 0 Å². The summed E-state index contributed by atoms with van der Waals surface area (Å²) in [6, 6.07) is 6.39. The first kappa shape index (κ1) is 17.5. The summed E-state index contributed by atoms with van der Waals surface area (Å²) in [7, 11) is 0. The first-order chi connectivity index (χ1) is 9.03. The van der Waals surface area contributed by atoms with Gasteiger partial charge in [-0.3, -0.25) is 0 Å². The van der Waals surface area contributed by atoms with Crippen molar-refractivity contribution in [1.82, 2.24) is 5.32 Å². The van der Waals surface area contributed by atoms with Crippen molar-refractivity contribution in [3.63, 3.8) is 0 Å². The Bertz CT molecular complexity index is 445. The van der Waals surface area contributed by atoms with Crippen molar-refractivity contribution in [2.24, 2.45) is 11.3 Å². The molecule has 1 aromatic rings. The SMILES string of the molecule is Cc1ccc(CC(C)(CNC(C)(C)C)C(C)C)c(Cl)c1. The number of nitrogens with one attached hydrogen (secondary N) is 1. The van der Waals surface area contributed by atoms with Crippen LogP contribution in [0.5, 0.6) is 0 Å². The number of halogens is 1. The maximum atomic E-state index is 6.41. The maximum absolute atomic E-state index is 6.41. The van der Waals surface area contributed by atoms with E-state index in [9.17, 15) is 0 Å². The fourth-order valence-corrected chi connectivity index (χ4v) is 2.47. The van der Waals surface area contributed by atoms with Crippen LogP contribution in [0.1, 0.15) is 52.7 Å². The Morgan fingerprint density at radius 1 is 1.15 bits per heavy atom. The summed E-state index contributed by atoms with van der Waals surface area (Å²) in [5, 5.41) is 4.55. The van der Waals surface area contributed by atoms with Crippen LogP contribution in [0.25, 0.3) is 0 Å². The highest BCUT2D eigenvalue weighted by Crippen LogP contribution is 2.33. The Kier molecular flexibility index (Phi) is 5.69. The fourth-order valence-electron chi connectivity index (χ4n) is 2.17. The molecule has 20 heavy (non-hydrogen) atoms. The summed E-state index contributed by atoms with van der Waals surface area (Å²) in [6.45, 7) is 16.7. The van der Waals surface area contributed by atoms with Crippen LogP contribution < -0.4 is 5.32 Å². The fraction of sp³-hybridized carbons (Fsp3) is 0.667. The lowest BCUT2D eigenvalue weighted by Gasteiger charge is -2.37. The molecule has 0 bridgehead atoms. The molecule has 114 valence electrons. The lowest BCUT2D eigenvalue weighted by molar-refractivity contribution is 0.188. The molecule has 0 aromatic heterocycles. The van der Waals surface area contributed by atoms with Crippen LogP contribution in [0, 0.1) is 18.3 Å². The number of rotatable bonds is 5. The molecule has 1 atom stereocenters. The highest BCUT2D eigenvalue weighted by atomic mass is 35.5. The second-order valence-electron chi connectivity index (χ2n) is 7.68. The number of aryl methyl sites for hydroxylation is 1. The van der Waals surface area contributed by atoms with E-state index in [1.807, 2.05) is 0 Å². The quantitative estimate of drug-likeness (QED) is 0.783. The van der Waals surface area contributed by atoms with Gasteiger partial charge in [0.05, 0.1) is 0 Å². The van der Waals surface area contributed by atoms with Gasteiger partial charge in [0.25, 0.3) is 0 Å². The van der Waals surface area contributed by atoms with E-state index < -0.39 is 0 Å². The molecular formula is C18H30ClN. The van der Waals surface area contributed by atoms with Gasteiger partial charge in [-0.15, -0.1) is 0 Å². The zero-order valence-corrected chi connectivity index (χ0v) is 14.9. The minimum Gasteiger partial charge on any atom is -0.312 e. The average molecular weight is 296 g/mol. The van der Waals surface area contributed by atoms with E-state index in [1.54, 1.807) is 0 Å². The van der Waals surface area contributed by atoms with E-state index in [4.69, 9.17) is 11.6 Å². The second-order valence-corrected chi connectivity index (χ2v) is 8.09. The van der Waals surface area contributed by atoms with Gasteiger partial charge >= 0.3 is 0 Å². The van der Waals surface area contributed by atoms with Gasteiger partial charge < -0.3 is 5.32 Å². The zero-order valence-electron chi connectivity index (χ0n) is 14.1. The molecule has 0 radical (unpaired) electrons. The van der Waals surface area contributed by atoms with Crippen molar-refractivity contribution in [1.29, 1.82) is 0 Å². The van der Waals surface area contributed by atoms with Crippen molar-refractivity contribution in [3.8, 4) is 0 Å². The third kappa shape index (κ3) is 5.10. The molecule has 0 spiro atoms. The van der Waals surface area contributed by atoms with E-state index in [-0.39, 0.29) is 11.0 Å². The number of hydrogen-bond acceptors (Lipinski definition) is 1. The van der Waals surface area contributed by atoms with Gasteiger partial charge in [-0.25, -0.2) is 0 Å². The maximum Gasteiger partial charge on any atom is 0.0440 e. The summed E-state index contributed by atoms with van der Waals surface area (Å²) < 4.78 is 0. The summed E-state index contributed by atoms with van der Waals surface area (Å²) in [5.41, 5.74) is 2.82. The van der Waals surface area contributed by atoms with Gasteiger partial charge in [0, 0.05) is 17.1 Å². The van der Waals surface area contributed by atoms with Crippen molar-refractivity contribution in [2.75, 3.05) is 6.54 Å². The lowest BCUT2D eigenvalue weighted by atomic mass is 9.74. The minimum atomic E-state index is 0.146. The normalized spacial score (nSPS) is 15.4. The van der Waals surface area contributed by atoms with Gasteiger partial charge in [0.2, 0.25) is 0 Å². The molecule has 1 N–H and O–H groups in total. The number of benzene rings is 1. The van der Waals surface area contributed by atoms with E-state index in [0.717, 1.165) is 18.0 Å². The van der Waals surface area contributed by atoms with Crippen LogP contribution in [0.15, 0.2) is 18.2 Å². The summed E-state index contributed by atoms with van der Waals surface area (Å²) >= 11 is 6.41. The molecule has 2 heteroatoms. The molecule has 0 fully saturated rings. The highest BCUT2D eigenvalue weighted by molar-refractivity contribution is 6.31. The largest absolute Gasteiger partial charge is 0.312 e. The molecule has 0 amide bonds. The van der Waals surface area contributed by atoms with Gasteiger partial charge in [-0.1, -0.05) is 44.5 Å². The third-order valence-electron chi connectivity index (χ3n) is 4.22. The highest BCUT2D eigenvalue weighted by Gasteiger charge is 2.30. The third-order valence-corrected chi connectivity index (χ3v) is 4.57. The molecule has 0 heterocycles. The Morgan fingerprint density at radius 3 is 2.20 bits per heavy atom. The molecule has 1 aromatic carbocycles.